The number of carbonyl (C=O) groups excluding carboxylic acids is 1. The van der Waals surface area contributed by atoms with Crippen molar-refractivity contribution in [3.8, 4) is 5.75 Å². The van der Waals surface area contributed by atoms with Crippen LogP contribution >= 0.6 is 0 Å². The number of fused-ring (bicyclic) bond motifs is 2. The standard InChI is InChI=1S/C19H27NO2/c1-11(2)15-10-16(12(3)7-18(15)22-4)19(21)20-17-9-13-5-6-14(17)8-13/h7,10-11,13-14,17H,5-6,8-9H2,1-4H3,(H,20,21). The van der Waals surface area contributed by atoms with E-state index < -0.39 is 0 Å². The molecule has 1 aromatic rings. The van der Waals surface area contributed by atoms with Crippen LogP contribution < -0.4 is 10.1 Å². The van der Waals surface area contributed by atoms with Gasteiger partial charge in [0, 0.05) is 11.6 Å². The number of hydrogen-bond acceptors (Lipinski definition) is 2. The van der Waals surface area contributed by atoms with Crippen LogP contribution in [-0.2, 0) is 0 Å². The van der Waals surface area contributed by atoms with Crippen molar-refractivity contribution in [2.75, 3.05) is 7.11 Å². The summed E-state index contributed by atoms with van der Waals surface area (Å²) in [6.07, 6.45) is 5.12. The Morgan fingerprint density at radius 2 is 2.05 bits per heavy atom. The molecule has 3 unspecified atom stereocenters. The fourth-order valence-electron chi connectivity index (χ4n) is 4.24. The molecule has 1 N–H and O–H groups in total. The van der Waals surface area contributed by atoms with E-state index in [0.717, 1.165) is 28.4 Å². The number of amides is 1. The molecule has 2 fully saturated rings. The number of ether oxygens (including phenoxy) is 1. The Kier molecular flexibility index (Phi) is 4.16. The predicted octanol–water partition coefficient (Wildman–Crippen LogP) is 4.05. The lowest BCUT2D eigenvalue weighted by Gasteiger charge is -2.24. The maximum atomic E-state index is 12.7. The largest absolute Gasteiger partial charge is 0.496 e. The Morgan fingerprint density at radius 3 is 2.59 bits per heavy atom. The molecule has 0 spiro atoms. The molecule has 2 saturated carbocycles. The second-order valence-corrected chi connectivity index (χ2v) is 7.32. The van der Waals surface area contributed by atoms with Gasteiger partial charge in [-0.25, -0.2) is 0 Å². The van der Waals surface area contributed by atoms with E-state index in [-0.39, 0.29) is 5.91 Å². The van der Waals surface area contributed by atoms with Gasteiger partial charge < -0.3 is 10.1 Å². The Balaban J connectivity index is 1.81. The van der Waals surface area contributed by atoms with Gasteiger partial charge in [-0.2, -0.15) is 0 Å². The summed E-state index contributed by atoms with van der Waals surface area (Å²) in [6, 6.07) is 4.39. The molecule has 2 bridgehead atoms. The zero-order chi connectivity index (χ0) is 15.9. The highest BCUT2D eigenvalue weighted by atomic mass is 16.5. The van der Waals surface area contributed by atoms with Gasteiger partial charge in [-0.15, -0.1) is 0 Å². The lowest BCUT2D eigenvalue weighted by Crippen LogP contribution is -2.38. The molecule has 0 heterocycles. The highest BCUT2D eigenvalue weighted by molar-refractivity contribution is 5.96. The van der Waals surface area contributed by atoms with Crippen molar-refractivity contribution in [2.24, 2.45) is 11.8 Å². The van der Waals surface area contributed by atoms with Crippen molar-refractivity contribution in [2.45, 2.75) is 58.4 Å². The lowest BCUT2D eigenvalue weighted by molar-refractivity contribution is 0.0922. The van der Waals surface area contributed by atoms with E-state index in [1.54, 1.807) is 7.11 Å². The third kappa shape index (κ3) is 2.73. The first-order valence-electron chi connectivity index (χ1n) is 8.49. The Labute approximate surface area is 133 Å². The summed E-state index contributed by atoms with van der Waals surface area (Å²) in [4.78, 5) is 12.7. The summed E-state index contributed by atoms with van der Waals surface area (Å²) in [5.74, 6) is 2.85. The highest BCUT2D eigenvalue weighted by Crippen LogP contribution is 2.44. The fraction of sp³-hybridized carbons (Fsp3) is 0.632. The van der Waals surface area contributed by atoms with Crippen LogP contribution in [0.1, 0.15) is 66.9 Å². The number of nitrogens with one attached hydrogen (secondary N) is 1. The number of hydrogen-bond donors (Lipinski definition) is 1. The van der Waals surface area contributed by atoms with Crippen molar-refractivity contribution in [1.29, 1.82) is 0 Å². The van der Waals surface area contributed by atoms with Crippen LogP contribution in [0.5, 0.6) is 5.75 Å². The second kappa shape index (κ2) is 5.94. The Morgan fingerprint density at radius 1 is 1.27 bits per heavy atom. The average molecular weight is 301 g/mol. The summed E-state index contributed by atoms with van der Waals surface area (Å²) in [5, 5.41) is 3.29. The van der Waals surface area contributed by atoms with Gasteiger partial charge in [0.1, 0.15) is 5.75 Å². The van der Waals surface area contributed by atoms with Crippen molar-refractivity contribution in [3.63, 3.8) is 0 Å². The molecule has 0 radical (unpaired) electrons. The number of carbonyl (C=O) groups is 1. The summed E-state index contributed by atoms with van der Waals surface area (Å²) < 4.78 is 5.46. The minimum Gasteiger partial charge on any atom is -0.496 e. The van der Waals surface area contributed by atoms with E-state index >= 15 is 0 Å². The van der Waals surface area contributed by atoms with E-state index in [0.29, 0.717) is 17.9 Å². The maximum absolute atomic E-state index is 12.7. The molecule has 22 heavy (non-hydrogen) atoms. The molecule has 3 heteroatoms. The monoisotopic (exact) mass is 301 g/mol. The van der Waals surface area contributed by atoms with E-state index in [1.807, 2.05) is 19.1 Å². The molecule has 2 aliphatic carbocycles. The summed E-state index contributed by atoms with van der Waals surface area (Å²) >= 11 is 0. The van der Waals surface area contributed by atoms with Crippen molar-refractivity contribution in [1.82, 2.24) is 5.32 Å². The minimum absolute atomic E-state index is 0.0830. The third-order valence-corrected chi connectivity index (χ3v) is 5.50. The SMILES string of the molecule is COc1cc(C)c(C(=O)NC2CC3CCC2C3)cc1C(C)C. The Hall–Kier alpha value is -1.51. The van der Waals surface area contributed by atoms with E-state index in [9.17, 15) is 4.79 Å². The zero-order valence-electron chi connectivity index (χ0n) is 14.1. The van der Waals surface area contributed by atoms with E-state index in [1.165, 1.54) is 25.7 Å². The van der Waals surface area contributed by atoms with E-state index in [4.69, 9.17) is 4.74 Å². The molecular weight excluding hydrogens is 274 g/mol. The van der Waals surface area contributed by atoms with Crippen LogP contribution in [0.3, 0.4) is 0 Å². The summed E-state index contributed by atoms with van der Waals surface area (Å²) in [6.45, 7) is 6.25. The van der Waals surface area contributed by atoms with Crippen LogP contribution in [0, 0.1) is 18.8 Å². The van der Waals surface area contributed by atoms with Gasteiger partial charge >= 0.3 is 0 Å². The van der Waals surface area contributed by atoms with Gasteiger partial charge in [-0.1, -0.05) is 20.3 Å². The molecule has 2 aliphatic rings. The van der Waals surface area contributed by atoms with Gasteiger partial charge in [-0.3, -0.25) is 4.79 Å². The third-order valence-electron chi connectivity index (χ3n) is 5.50. The lowest BCUT2D eigenvalue weighted by atomic mass is 9.93. The van der Waals surface area contributed by atoms with Gasteiger partial charge in [0.2, 0.25) is 0 Å². The predicted molar refractivity (Wildman–Crippen MR) is 88.5 cm³/mol. The van der Waals surface area contributed by atoms with Crippen molar-refractivity contribution >= 4 is 5.91 Å². The summed E-state index contributed by atoms with van der Waals surface area (Å²) in [7, 11) is 1.69. The Bertz CT molecular complexity index is 579. The van der Waals surface area contributed by atoms with Gasteiger partial charge in [0.05, 0.1) is 7.11 Å². The molecule has 1 amide bonds. The number of aryl methyl sites for hydroxylation is 1. The highest BCUT2D eigenvalue weighted by Gasteiger charge is 2.40. The van der Waals surface area contributed by atoms with Crippen LogP contribution in [0.25, 0.3) is 0 Å². The summed E-state index contributed by atoms with van der Waals surface area (Å²) in [5.41, 5.74) is 2.89. The molecular formula is C19H27NO2. The van der Waals surface area contributed by atoms with Gasteiger partial charge in [-0.05, 0) is 67.2 Å². The topological polar surface area (TPSA) is 38.3 Å². The first-order valence-corrected chi connectivity index (χ1v) is 8.49. The van der Waals surface area contributed by atoms with Gasteiger partial charge in [0.15, 0.2) is 0 Å². The number of methoxy groups -OCH3 is 1. The minimum atomic E-state index is 0.0830. The molecule has 0 aromatic heterocycles. The average Bonchev–Trinajstić information content (AvgIpc) is 3.08. The zero-order valence-corrected chi connectivity index (χ0v) is 14.1. The van der Waals surface area contributed by atoms with Crippen LogP contribution in [0.4, 0.5) is 0 Å². The normalized spacial score (nSPS) is 26.5. The van der Waals surface area contributed by atoms with Gasteiger partial charge in [0.25, 0.3) is 5.91 Å². The second-order valence-electron chi connectivity index (χ2n) is 7.32. The van der Waals surface area contributed by atoms with E-state index in [2.05, 4.69) is 19.2 Å². The molecule has 3 atom stereocenters. The first kappa shape index (κ1) is 15.4. The van der Waals surface area contributed by atoms with Crippen LogP contribution in [-0.4, -0.2) is 19.1 Å². The molecule has 0 aliphatic heterocycles. The molecule has 3 nitrogen and oxygen atoms in total. The number of benzene rings is 1. The number of rotatable bonds is 4. The first-order chi connectivity index (χ1) is 10.5. The van der Waals surface area contributed by atoms with Crippen molar-refractivity contribution < 1.29 is 9.53 Å². The fourth-order valence-corrected chi connectivity index (χ4v) is 4.24. The molecule has 1 aromatic carbocycles. The molecule has 0 saturated heterocycles. The quantitative estimate of drug-likeness (QED) is 0.911. The smallest absolute Gasteiger partial charge is 0.251 e. The van der Waals surface area contributed by atoms with Crippen molar-refractivity contribution in [3.05, 3.63) is 28.8 Å². The van der Waals surface area contributed by atoms with Crippen LogP contribution in [0.15, 0.2) is 12.1 Å². The molecule has 3 rings (SSSR count). The maximum Gasteiger partial charge on any atom is 0.251 e. The molecule has 120 valence electrons. The van der Waals surface area contributed by atoms with Crippen LogP contribution in [0.2, 0.25) is 0 Å².